The summed E-state index contributed by atoms with van der Waals surface area (Å²) < 4.78 is 3.14. The minimum Gasteiger partial charge on any atom is -0.375 e. The van der Waals surface area contributed by atoms with Crippen LogP contribution in [0.1, 0.15) is 5.56 Å². The molecule has 0 radical (unpaired) electrons. The van der Waals surface area contributed by atoms with E-state index in [0.29, 0.717) is 5.13 Å². The van der Waals surface area contributed by atoms with E-state index in [9.17, 15) is 0 Å². The summed E-state index contributed by atoms with van der Waals surface area (Å²) in [7, 11) is 0. The van der Waals surface area contributed by atoms with Gasteiger partial charge in [0, 0.05) is 23.8 Å². The van der Waals surface area contributed by atoms with Gasteiger partial charge in [-0.15, -0.1) is 11.8 Å². The zero-order valence-electron chi connectivity index (χ0n) is 10.1. The van der Waals surface area contributed by atoms with E-state index in [1.807, 2.05) is 17.0 Å². The number of hydrogen-bond donors (Lipinski definition) is 1. The molecule has 0 aliphatic rings. The number of rotatable bonds is 4. The lowest BCUT2D eigenvalue weighted by Gasteiger charge is -2.04. The number of anilines is 1. The van der Waals surface area contributed by atoms with E-state index < -0.39 is 0 Å². The number of benzene rings is 1. The first-order chi connectivity index (χ1) is 9.31. The number of thiazole rings is 1. The summed E-state index contributed by atoms with van der Waals surface area (Å²) >= 11 is 3.28. The molecule has 3 rings (SSSR count). The molecule has 0 aliphatic heterocycles. The maximum absolute atomic E-state index is 5.61. The molecule has 0 unspecified atom stereocenters. The van der Waals surface area contributed by atoms with Crippen LogP contribution in [-0.2, 0) is 5.75 Å². The SMILES string of the molecule is Nc1ncc(SCc2ccc(-n3ccnc3)cc2)s1. The van der Waals surface area contributed by atoms with Crippen LogP contribution in [0.3, 0.4) is 0 Å². The van der Waals surface area contributed by atoms with Crippen molar-refractivity contribution >= 4 is 28.2 Å². The van der Waals surface area contributed by atoms with E-state index in [4.69, 9.17) is 5.73 Å². The Kier molecular flexibility index (Phi) is 3.52. The summed E-state index contributed by atoms with van der Waals surface area (Å²) in [5.74, 6) is 0.922. The second kappa shape index (κ2) is 5.46. The van der Waals surface area contributed by atoms with Crippen molar-refractivity contribution in [2.24, 2.45) is 0 Å². The molecule has 2 aromatic heterocycles. The molecular formula is C13H12N4S2. The number of hydrogen-bond acceptors (Lipinski definition) is 5. The normalized spacial score (nSPS) is 10.7. The van der Waals surface area contributed by atoms with Crippen LogP contribution in [0.15, 0.2) is 53.4 Å². The minimum atomic E-state index is 0.623. The third-order valence-corrected chi connectivity index (χ3v) is 4.71. The zero-order chi connectivity index (χ0) is 13.1. The van der Waals surface area contributed by atoms with E-state index in [0.717, 1.165) is 15.6 Å². The quantitative estimate of drug-likeness (QED) is 0.749. The fraction of sp³-hybridized carbons (Fsp3) is 0.0769. The van der Waals surface area contributed by atoms with Gasteiger partial charge in [-0.2, -0.15) is 0 Å². The number of nitrogens with zero attached hydrogens (tertiary/aromatic N) is 3. The van der Waals surface area contributed by atoms with Gasteiger partial charge in [0.05, 0.1) is 16.7 Å². The van der Waals surface area contributed by atoms with Crippen molar-refractivity contribution in [1.29, 1.82) is 0 Å². The topological polar surface area (TPSA) is 56.7 Å². The fourth-order valence-corrected chi connectivity index (χ4v) is 3.38. The van der Waals surface area contributed by atoms with E-state index in [2.05, 4.69) is 34.2 Å². The Morgan fingerprint density at radius 3 is 2.74 bits per heavy atom. The predicted octanol–water partition coefficient (Wildman–Crippen LogP) is 3.20. The Hall–Kier alpha value is -1.79. The third kappa shape index (κ3) is 2.97. The molecule has 0 fully saturated rings. The molecule has 0 saturated heterocycles. The summed E-state index contributed by atoms with van der Waals surface area (Å²) in [6, 6.07) is 8.46. The van der Waals surface area contributed by atoms with Crippen LogP contribution >= 0.6 is 23.1 Å². The molecule has 1 aromatic carbocycles. The number of nitrogen functional groups attached to an aromatic ring is 1. The molecule has 0 atom stereocenters. The van der Waals surface area contributed by atoms with Crippen LogP contribution in [0, 0.1) is 0 Å². The average Bonchev–Trinajstić information content (AvgIpc) is 3.08. The van der Waals surface area contributed by atoms with Crippen molar-refractivity contribution in [2.75, 3.05) is 5.73 Å². The van der Waals surface area contributed by atoms with Crippen molar-refractivity contribution in [2.45, 2.75) is 9.96 Å². The van der Waals surface area contributed by atoms with Crippen LogP contribution in [0.2, 0.25) is 0 Å². The average molecular weight is 288 g/mol. The molecule has 2 N–H and O–H groups in total. The lowest BCUT2D eigenvalue weighted by atomic mass is 10.2. The Labute approximate surface area is 119 Å². The smallest absolute Gasteiger partial charge is 0.181 e. The summed E-state index contributed by atoms with van der Waals surface area (Å²) in [6.45, 7) is 0. The second-order valence-electron chi connectivity index (χ2n) is 3.94. The fourth-order valence-electron chi connectivity index (χ4n) is 1.67. The molecule has 0 aliphatic carbocycles. The molecular weight excluding hydrogens is 276 g/mol. The number of aromatic nitrogens is 3. The van der Waals surface area contributed by atoms with E-state index >= 15 is 0 Å². The molecule has 0 bridgehead atoms. The van der Waals surface area contributed by atoms with Gasteiger partial charge in [0.1, 0.15) is 0 Å². The van der Waals surface area contributed by atoms with Crippen molar-refractivity contribution in [3.8, 4) is 5.69 Å². The van der Waals surface area contributed by atoms with Gasteiger partial charge in [-0.1, -0.05) is 23.5 Å². The largest absolute Gasteiger partial charge is 0.375 e. The van der Waals surface area contributed by atoms with Crippen LogP contribution in [0.4, 0.5) is 5.13 Å². The maximum atomic E-state index is 5.61. The van der Waals surface area contributed by atoms with Crippen LogP contribution < -0.4 is 5.73 Å². The molecule has 6 heteroatoms. The highest BCUT2D eigenvalue weighted by atomic mass is 32.2. The third-order valence-electron chi connectivity index (χ3n) is 2.62. The first-order valence-electron chi connectivity index (χ1n) is 5.72. The summed E-state index contributed by atoms with van der Waals surface area (Å²) in [5.41, 5.74) is 8.00. The van der Waals surface area contributed by atoms with Crippen molar-refractivity contribution in [3.63, 3.8) is 0 Å². The van der Waals surface area contributed by atoms with Gasteiger partial charge in [0.15, 0.2) is 5.13 Å². The van der Waals surface area contributed by atoms with Crippen LogP contribution in [0.25, 0.3) is 5.69 Å². The van der Waals surface area contributed by atoms with Gasteiger partial charge in [-0.25, -0.2) is 9.97 Å². The van der Waals surface area contributed by atoms with Crippen molar-refractivity contribution in [3.05, 3.63) is 54.7 Å². The standard InChI is InChI=1S/C13H12N4S2/c14-13-16-7-12(19-13)18-8-10-1-3-11(4-2-10)17-6-5-15-9-17/h1-7,9H,8H2,(H2,14,16). The van der Waals surface area contributed by atoms with E-state index in [1.165, 1.54) is 16.9 Å². The van der Waals surface area contributed by atoms with Crippen LogP contribution in [-0.4, -0.2) is 14.5 Å². The number of imidazole rings is 1. The molecule has 2 heterocycles. The molecule has 3 aromatic rings. The van der Waals surface area contributed by atoms with Crippen molar-refractivity contribution in [1.82, 2.24) is 14.5 Å². The first kappa shape index (κ1) is 12.3. The predicted molar refractivity (Wildman–Crippen MR) is 79.7 cm³/mol. The van der Waals surface area contributed by atoms with Gasteiger partial charge in [0.2, 0.25) is 0 Å². The Bertz CT molecular complexity index is 644. The summed E-state index contributed by atoms with van der Waals surface area (Å²) in [6.07, 6.45) is 7.33. The molecule has 96 valence electrons. The Morgan fingerprint density at radius 1 is 1.26 bits per heavy atom. The lowest BCUT2D eigenvalue weighted by Crippen LogP contribution is -1.90. The second-order valence-corrected chi connectivity index (χ2v) is 6.28. The highest BCUT2D eigenvalue weighted by Gasteiger charge is 2.01. The monoisotopic (exact) mass is 288 g/mol. The maximum Gasteiger partial charge on any atom is 0.181 e. The summed E-state index contributed by atoms with van der Waals surface area (Å²) in [4.78, 5) is 8.08. The summed E-state index contributed by atoms with van der Waals surface area (Å²) in [5, 5.41) is 0.623. The number of nitrogens with two attached hydrogens (primary N) is 1. The van der Waals surface area contributed by atoms with E-state index in [-0.39, 0.29) is 0 Å². The number of thioether (sulfide) groups is 1. The highest BCUT2D eigenvalue weighted by molar-refractivity contribution is 8.00. The van der Waals surface area contributed by atoms with Crippen molar-refractivity contribution < 1.29 is 0 Å². The Morgan fingerprint density at radius 2 is 2.11 bits per heavy atom. The zero-order valence-corrected chi connectivity index (χ0v) is 11.7. The minimum absolute atomic E-state index is 0.623. The van der Waals surface area contributed by atoms with Gasteiger partial charge < -0.3 is 10.3 Å². The molecule has 0 amide bonds. The molecule has 4 nitrogen and oxygen atoms in total. The van der Waals surface area contributed by atoms with Gasteiger partial charge >= 0.3 is 0 Å². The highest BCUT2D eigenvalue weighted by Crippen LogP contribution is 2.29. The van der Waals surface area contributed by atoms with Gasteiger partial charge in [0.25, 0.3) is 0 Å². The Balaban J connectivity index is 1.66. The lowest BCUT2D eigenvalue weighted by molar-refractivity contribution is 1.05. The molecule has 0 saturated carbocycles. The molecule has 19 heavy (non-hydrogen) atoms. The first-order valence-corrected chi connectivity index (χ1v) is 7.53. The van der Waals surface area contributed by atoms with E-state index in [1.54, 1.807) is 24.3 Å². The van der Waals surface area contributed by atoms with Crippen LogP contribution in [0.5, 0.6) is 0 Å². The molecule has 0 spiro atoms. The van der Waals surface area contributed by atoms with Gasteiger partial charge in [-0.05, 0) is 17.7 Å². The van der Waals surface area contributed by atoms with Gasteiger partial charge in [-0.3, -0.25) is 0 Å².